The van der Waals surface area contributed by atoms with Gasteiger partial charge in [0, 0.05) is 35.6 Å². The molecule has 5 nitrogen and oxygen atoms in total. The highest BCUT2D eigenvalue weighted by Crippen LogP contribution is 2.31. The molecule has 1 amide bonds. The highest BCUT2D eigenvalue weighted by molar-refractivity contribution is 6.35. The van der Waals surface area contributed by atoms with E-state index < -0.39 is 0 Å². The molecule has 3 aromatic rings. The van der Waals surface area contributed by atoms with Gasteiger partial charge in [0.25, 0.3) is 0 Å². The second kappa shape index (κ2) is 11.0. The molecule has 4 rings (SSSR count). The van der Waals surface area contributed by atoms with E-state index in [-0.39, 0.29) is 5.91 Å². The molecule has 31 heavy (non-hydrogen) atoms. The maximum Gasteiger partial charge on any atom is 0.231 e. The second-order valence-corrected chi connectivity index (χ2v) is 8.69. The Kier molecular flexibility index (Phi) is 8.38. The summed E-state index contributed by atoms with van der Waals surface area (Å²) in [6.45, 7) is 5.59. The van der Waals surface area contributed by atoms with Crippen LogP contribution in [0.3, 0.4) is 0 Å². The molecular formula is C23H25Cl3N4O. The SMILES string of the molecule is CC(=O)NN1CCCCC1.Cc1cnn(-c2ccc(Cl)cc2Cl)c1-c1ccc(Cl)cc1. The van der Waals surface area contributed by atoms with Crippen molar-refractivity contribution < 1.29 is 4.79 Å². The third kappa shape index (κ3) is 6.47. The summed E-state index contributed by atoms with van der Waals surface area (Å²) in [4.78, 5) is 10.6. The molecule has 164 valence electrons. The van der Waals surface area contributed by atoms with Crippen molar-refractivity contribution in [1.82, 2.24) is 20.2 Å². The minimum Gasteiger partial charge on any atom is -0.289 e. The highest BCUT2D eigenvalue weighted by atomic mass is 35.5. The number of piperidine rings is 1. The minimum atomic E-state index is 0.0434. The van der Waals surface area contributed by atoms with Crippen molar-refractivity contribution in [2.45, 2.75) is 33.1 Å². The first kappa shape index (κ1) is 23.6. The van der Waals surface area contributed by atoms with Gasteiger partial charge in [0.2, 0.25) is 5.91 Å². The molecule has 0 spiro atoms. The summed E-state index contributed by atoms with van der Waals surface area (Å²) < 4.78 is 1.82. The van der Waals surface area contributed by atoms with Gasteiger partial charge in [0.05, 0.1) is 22.6 Å². The van der Waals surface area contributed by atoms with Gasteiger partial charge >= 0.3 is 0 Å². The molecule has 2 heterocycles. The normalized spacial score (nSPS) is 14.0. The predicted octanol–water partition coefficient (Wildman–Crippen LogP) is 6.33. The molecular weight excluding hydrogens is 455 g/mol. The summed E-state index contributed by atoms with van der Waals surface area (Å²) in [5.74, 6) is 0.0434. The fourth-order valence-corrected chi connectivity index (χ4v) is 4.07. The van der Waals surface area contributed by atoms with E-state index in [9.17, 15) is 4.79 Å². The summed E-state index contributed by atoms with van der Waals surface area (Å²) in [6.07, 6.45) is 5.53. The maximum atomic E-state index is 10.6. The number of hydrazine groups is 1. The Morgan fingerprint density at radius 3 is 2.23 bits per heavy atom. The maximum absolute atomic E-state index is 10.6. The van der Waals surface area contributed by atoms with Crippen molar-refractivity contribution in [1.29, 1.82) is 0 Å². The van der Waals surface area contributed by atoms with E-state index in [0.29, 0.717) is 15.1 Å². The summed E-state index contributed by atoms with van der Waals surface area (Å²) in [5.41, 5.74) is 6.64. The van der Waals surface area contributed by atoms with Crippen molar-refractivity contribution in [2.75, 3.05) is 13.1 Å². The number of aryl methyl sites for hydroxylation is 1. The zero-order valence-electron chi connectivity index (χ0n) is 17.5. The molecule has 2 aromatic carbocycles. The van der Waals surface area contributed by atoms with Gasteiger partial charge in [0.15, 0.2) is 0 Å². The Balaban J connectivity index is 0.000000229. The fraction of sp³-hybridized carbons (Fsp3) is 0.304. The third-order valence-electron chi connectivity index (χ3n) is 4.88. The Morgan fingerprint density at radius 2 is 1.61 bits per heavy atom. The number of nitrogens with one attached hydrogen (secondary N) is 1. The minimum absolute atomic E-state index is 0.0434. The molecule has 0 atom stereocenters. The third-order valence-corrected chi connectivity index (χ3v) is 5.67. The van der Waals surface area contributed by atoms with Gasteiger partial charge < -0.3 is 0 Å². The van der Waals surface area contributed by atoms with Crippen molar-refractivity contribution in [2.24, 2.45) is 0 Å². The molecule has 0 bridgehead atoms. The number of halogens is 3. The van der Waals surface area contributed by atoms with Crippen LogP contribution in [0, 0.1) is 6.92 Å². The van der Waals surface area contributed by atoms with Crippen LogP contribution in [0.1, 0.15) is 31.7 Å². The summed E-state index contributed by atoms with van der Waals surface area (Å²) in [5, 5.41) is 8.28. The zero-order chi connectivity index (χ0) is 22.4. The Hall–Kier alpha value is -2.05. The van der Waals surface area contributed by atoms with Crippen LogP contribution in [0.4, 0.5) is 0 Å². The van der Waals surface area contributed by atoms with Crippen molar-refractivity contribution in [3.63, 3.8) is 0 Å². The van der Waals surface area contributed by atoms with Crippen LogP contribution < -0.4 is 5.43 Å². The summed E-state index contributed by atoms with van der Waals surface area (Å²) in [6, 6.07) is 13.0. The van der Waals surface area contributed by atoms with E-state index >= 15 is 0 Å². The highest BCUT2D eigenvalue weighted by Gasteiger charge is 2.14. The number of hydrogen-bond acceptors (Lipinski definition) is 3. The van der Waals surface area contributed by atoms with Crippen LogP contribution >= 0.6 is 34.8 Å². The van der Waals surface area contributed by atoms with Crippen LogP contribution in [0.15, 0.2) is 48.7 Å². The number of carbonyl (C=O) groups excluding carboxylic acids is 1. The first-order chi connectivity index (χ1) is 14.8. The zero-order valence-corrected chi connectivity index (χ0v) is 19.8. The Labute approximate surface area is 197 Å². The first-order valence-electron chi connectivity index (χ1n) is 10.1. The van der Waals surface area contributed by atoms with Gasteiger partial charge in [-0.1, -0.05) is 53.4 Å². The van der Waals surface area contributed by atoms with Gasteiger partial charge in [-0.3, -0.25) is 10.2 Å². The summed E-state index contributed by atoms with van der Waals surface area (Å²) in [7, 11) is 0. The molecule has 0 saturated carbocycles. The van der Waals surface area contributed by atoms with Gasteiger partial charge in [-0.05, 0) is 55.7 Å². The molecule has 1 aliphatic heterocycles. The lowest BCUT2D eigenvalue weighted by molar-refractivity contribution is -0.124. The van der Waals surface area contributed by atoms with Crippen LogP contribution in [0.5, 0.6) is 0 Å². The fourth-order valence-electron chi connectivity index (χ4n) is 3.45. The molecule has 8 heteroatoms. The lowest BCUT2D eigenvalue weighted by Crippen LogP contribution is -2.43. The standard InChI is InChI=1S/C16H11Cl3N2.C7H14N2O/c1-10-9-20-21(15-7-6-13(18)8-14(15)19)16(10)11-2-4-12(17)5-3-11;1-7(10)8-9-5-3-2-4-6-9/h2-9H,1H3;2-6H2,1H3,(H,8,10). The average Bonchev–Trinajstić information content (AvgIpc) is 3.10. The number of aromatic nitrogens is 2. The number of benzene rings is 2. The average molecular weight is 480 g/mol. The number of nitrogens with zero attached hydrogens (tertiary/aromatic N) is 3. The van der Waals surface area contributed by atoms with Crippen LogP contribution in [-0.4, -0.2) is 33.8 Å². The molecule has 0 radical (unpaired) electrons. The van der Waals surface area contributed by atoms with Crippen molar-refractivity contribution >= 4 is 40.7 Å². The van der Waals surface area contributed by atoms with Gasteiger partial charge in [-0.15, -0.1) is 0 Å². The van der Waals surface area contributed by atoms with E-state index in [0.717, 1.165) is 35.6 Å². The quantitative estimate of drug-likeness (QED) is 0.477. The molecule has 1 N–H and O–H groups in total. The first-order valence-corrected chi connectivity index (χ1v) is 11.3. The molecule has 1 aromatic heterocycles. The monoisotopic (exact) mass is 478 g/mol. The van der Waals surface area contributed by atoms with E-state index in [1.165, 1.54) is 19.3 Å². The van der Waals surface area contributed by atoms with Crippen LogP contribution in [0.25, 0.3) is 16.9 Å². The van der Waals surface area contributed by atoms with E-state index in [2.05, 4.69) is 10.5 Å². The van der Waals surface area contributed by atoms with E-state index in [1.54, 1.807) is 19.1 Å². The summed E-state index contributed by atoms with van der Waals surface area (Å²) >= 11 is 18.2. The number of hydrogen-bond donors (Lipinski definition) is 1. The molecule has 0 aliphatic carbocycles. The van der Waals surface area contributed by atoms with Crippen LogP contribution in [-0.2, 0) is 4.79 Å². The molecule has 1 aliphatic rings. The smallest absolute Gasteiger partial charge is 0.231 e. The lowest BCUT2D eigenvalue weighted by Gasteiger charge is -2.25. The van der Waals surface area contributed by atoms with Gasteiger partial charge in [-0.25, -0.2) is 9.69 Å². The number of amides is 1. The number of rotatable bonds is 3. The largest absolute Gasteiger partial charge is 0.289 e. The molecule has 1 fully saturated rings. The Bertz CT molecular complexity index is 1030. The number of carbonyl (C=O) groups is 1. The Morgan fingerprint density at radius 1 is 0.968 bits per heavy atom. The predicted molar refractivity (Wildman–Crippen MR) is 128 cm³/mol. The van der Waals surface area contributed by atoms with E-state index in [1.807, 2.05) is 53.1 Å². The van der Waals surface area contributed by atoms with Crippen molar-refractivity contribution in [3.05, 3.63) is 69.3 Å². The van der Waals surface area contributed by atoms with Gasteiger partial charge in [-0.2, -0.15) is 5.10 Å². The molecule has 0 unspecified atom stereocenters. The van der Waals surface area contributed by atoms with Crippen LogP contribution in [0.2, 0.25) is 15.1 Å². The van der Waals surface area contributed by atoms with E-state index in [4.69, 9.17) is 34.8 Å². The van der Waals surface area contributed by atoms with Gasteiger partial charge in [0.1, 0.15) is 0 Å². The second-order valence-electron chi connectivity index (χ2n) is 7.41. The molecule has 1 saturated heterocycles. The lowest BCUT2D eigenvalue weighted by atomic mass is 10.1. The van der Waals surface area contributed by atoms with Crippen molar-refractivity contribution in [3.8, 4) is 16.9 Å². The topological polar surface area (TPSA) is 50.2 Å².